The number of nitrogens with zero attached hydrogens (tertiary/aromatic N) is 1. The molecular weight excluding hydrogens is 256 g/mol. The average Bonchev–Trinajstić information content (AvgIpc) is 3.27. The number of carbonyl (C=O) groups is 1. The van der Waals surface area contributed by atoms with E-state index in [0.29, 0.717) is 35.2 Å². The zero-order valence-electron chi connectivity index (χ0n) is 12.3. The van der Waals surface area contributed by atoms with Gasteiger partial charge in [0, 0.05) is 24.8 Å². The van der Waals surface area contributed by atoms with Crippen LogP contribution >= 0.6 is 0 Å². The van der Waals surface area contributed by atoms with E-state index in [4.69, 9.17) is 15.2 Å². The van der Waals surface area contributed by atoms with Crippen LogP contribution in [0.2, 0.25) is 0 Å². The van der Waals surface area contributed by atoms with Gasteiger partial charge in [0.15, 0.2) is 11.5 Å². The van der Waals surface area contributed by atoms with Crippen LogP contribution in [0.15, 0.2) is 12.1 Å². The molecule has 1 amide bonds. The second-order valence-electron chi connectivity index (χ2n) is 5.08. The lowest BCUT2D eigenvalue weighted by Gasteiger charge is -2.22. The molecule has 0 saturated heterocycles. The van der Waals surface area contributed by atoms with Crippen LogP contribution in [-0.2, 0) is 0 Å². The Morgan fingerprint density at radius 1 is 1.30 bits per heavy atom. The van der Waals surface area contributed by atoms with Gasteiger partial charge in [-0.15, -0.1) is 0 Å². The van der Waals surface area contributed by atoms with Crippen LogP contribution in [0.1, 0.15) is 30.1 Å². The maximum atomic E-state index is 12.6. The van der Waals surface area contributed by atoms with Gasteiger partial charge in [0.25, 0.3) is 5.91 Å². The molecule has 20 heavy (non-hydrogen) atoms. The minimum absolute atomic E-state index is 0.0437. The zero-order chi connectivity index (χ0) is 14.7. The van der Waals surface area contributed by atoms with Crippen molar-refractivity contribution in [3.63, 3.8) is 0 Å². The first-order valence-electron chi connectivity index (χ1n) is 6.91. The van der Waals surface area contributed by atoms with Crippen molar-refractivity contribution in [3.05, 3.63) is 17.7 Å². The molecule has 2 N–H and O–H groups in total. The van der Waals surface area contributed by atoms with Crippen LogP contribution in [-0.4, -0.2) is 38.1 Å². The van der Waals surface area contributed by atoms with Gasteiger partial charge >= 0.3 is 0 Å². The molecule has 1 saturated carbocycles. The van der Waals surface area contributed by atoms with Gasteiger partial charge in [-0.2, -0.15) is 0 Å². The Morgan fingerprint density at radius 3 is 2.40 bits per heavy atom. The molecule has 0 aliphatic heterocycles. The van der Waals surface area contributed by atoms with Crippen LogP contribution < -0.4 is 15.2 Å². The number of carbonyl (C=O) groups excluding carboxylic acids is 1. The number of amides is 1. The highest BCUT2D eigenvalue weighted by Crippen LogP contribution is 2.34. The monoisotopic (exact) mass is 278 g/mol. The summed E-state index contributed by atoms with van der Waals surface area (Å²) >= 11 is 0. The normalized spacial score (nSPS) is 13.9. The average molecular weight is 278 g/mol. The standard InChI is InChI=1S/C15H22N2O3/c1-4-17(9-10-5-6-10)15(18)11-7-13(19-2)14(20-3)8-12(11)16/h7-8,10H,4-6,9,16H2,1-3H3. The number of ether oxygens (including phenoxy) is 2. The van der Waals surface area contributed by atoms with Crippen molar-refractivity contribution in [1.29, 1.82) is 0 Å². The molecule has 0 spiro atoms. The van der Waals surface area contributed by atoms with Gasteiger partial charge in [-0.05, 0) is 31.7 Å². The van der Waals surface area contributed by atoms with E-state index < -0.39 is 0 Å². The van der Waals surface area contributed by atoms with Crippen LogP contribution in [0.25, 0.3) is 0 Å². The maximum Gasteiger partial charge on any atom is 0.256 e. The lowest BCUT2D eigenvalue weighted by atomic mass is 10.1. The summed E-state index contributed by atoms with van der Waals surface area (Å²) in [5, 5.41) is 0. The fourth-order valence-electron chi connectivity index (χ4n) is 2.22. The molecule has 110 valence electrons. The Kier molecular flexibility index (Phi) is 4.37. The lowest BCUT2D eigenvalue weighted by Crippen LogP contribution is -2.33. The fraction of sp³-hybridized carbons (Fsp3) is 0.533. The van der Waals surface area contributed by atoms with Gasteiger partial charge in [-0.1, -0.05) is 0 Å². The van der Waals surface area contributed by atoms with Crippen LogP contribution in [0.5, 0.6) is 11.5 Å². The third-order valence-corrected chi connectivity index (χ3v) is 3.63. The van der Waals surface area contributed by atoms with Gasteiger partial charge in [0.1, 0.15) is 0 Å². The van der Waals surface area contributed by atoms with E-state index in [-0.39, 0.29) is 5.91 Å². The Balaban J connectivity index is 2.27. The third-order valence-electron chi connectivity index (χ3n) is 3.63. The minimum atomic E-state index is -0.0437. The number of benzene rings is 1. The number of nitrogens with two attached hydrogens (primary N) is 1. The molecule has 1 fully saturated rings. The molecule has 1 aliphatic rings. The molecule has 1 aromatic carbocycles. The molecule has 0 radical (unpaired) electrons. The predicted octanol–water partition coefficient (Wildman–Crippen LogP) is 2.16. The van der Waals surface area contributed by atoms with Crippen molar-refractivity contribution in [2.24, 2.45) is 5.92 Å². The lowest BCUT2D eigenvalue weighted by molar-refractivity contribution is 0.0757. The largest absolute Gasteiger partial charge is 0.493 e. The summed E-state index contributed by atoms with van der Waals surface area (Å²) in [6.45, 7) is 3.48. The van der Waals surface area contributed by atoms with Gasteiger partial charge in [0.05, 0.1) is 19.8 Å². The van der Waals surface area contributed by atoms with E-state index in [1.807, 2.05) is 11.8 Å². The zero-order valence-corrected chi connectivity index (χ0v) is 12.3. The molecule has 0 aromatic heterocycles. The Labute approximate surface area is 119 Å². The van der Waals surface area contributed by atoms with E-state index in [2.05, 4.69) is 0 Å². The van der Waals surface area contributed by atoms with Crippen LogP contribution in [0.4, 0.5) is 5.69 Å². The predicted molar refractivity (Wildman–Crippen MR) is 78.3 cm³/mol. The minimum Gasteiger partial charge on any atom is -0.493 e. The quantitative estimate of drug-likeness (QED) is 0.810. The van der Waals surface area contributed by atoms with Crippen molar-refractivity contribution < 1.29 is 14.3 Å². The highest BCUT2D eigenvalue weighted by molar-refractivity contribution is 6.00. The molecule has 1 aliphatic carbocycles. The van der Waals surface area contributed by atoms with E-state index in [1.165, 1.54) is 12.8 Å². The van der Waals surface area contributed by atoms with Gasteiger partial charge in [0.2, 0.25) is 0 Å². The Bertz CT molecular complexity index is 498. The molecule has 5 nitrogen and oxygen atoms in total. The van der Waals surface area contributed by atoms with E-state index >= 15 is 0 Å². The first-order valence-corrected chi connectivity index (χ1v) is 6.91. The molecule has 1 aromatic rings. The summed E-state index contributed by atoms with van der Waals surface area (Å²) in [6, 6.07) is 3.29. The number of nitrogen functional groups attached to an aromatic ring is 1. The number of methoxy groups -OCH3 is 2. The number of hydrogen-bond acceptors (Lipinski definition) is 4. The van der Waals surface area contributed by atoms with Gasteiger partial charge in [-0.3, -0.25) is 4.79 Å². The van der Waals surface area contributed by atoms with Crippen LogP contribution in [0.3, 0.4) is 0 Å². The maximum absolute atomic E-state index is 12.6. The summed E-state index contributed by atoms with van der Waals surface area (Å²) in [7, 11) is 3.09. The van der Waals surface area contributed by atoms with Crippen molar-refractivity contribution in [2.75, 3.05) is 33.0 Å². The summed E-state index contributed by atoms with van der Waals surface area (Å²) in [4.78, 5) is 14.4. The van der Waals surface area contributed by atoms with Gasteiger partial charge < -0.3 is 20.1 Å². The SMILES string of the molecule is CCN(CC1CC1)C(=O)c1cc(OC)c(OC)cc1N. The summed E-state index contributed by atoms with van der Waals surface area (Å²) in [6.07, 6.45) is 2.43. The summed E-state index contributed by atoms with van der Waals surface area (Å²) in [5.74, 6) is 1.66. The Hall–Kier alpha value is -1.91. The summed E-state index contributed by atoms with van der Waals surface area (Å²) < 4.78 is 10.4. The summed E-state index contributed by atoms with van der Waals surface area (Å²) in [5.41, 5.74) is 6.87. The number of anilines is 1. The fourth-order valence-corrected chi connectivity index (χ4v) is 2.22. The smallest absolute Gasteiger partial charge is 0.256 e. The molecule has 0 heterocycles. The van der Waals surface area contributed by atoms with Crippen molar-refractivity contribution in [3.8, 4) is 11.5 Å². The van der Waals surface area contributed by atoms with Crippen molar-refractivity contribution >= 4 is 11.6 Å². The molecular formula is C15H22N2O3. The molecule has 5 heteroatoms. The third kappa shape index (κ3) is 2.98. The molecule has 0 bridgehead atoms. The van der Waals surface area contributed by atoms with E-state index in [0.717, 1.165) is 6.54 Å². The highest BCUT2D eigenvalue weighted by atomic mass is 16.5. The second-order valence-corrected chi connectivity index (χ2v) is 5.08. The first kappa shape index (κ1) is 14.5. The van der Waals surface area contributed by atoms with Crippen LogP contribution in [0, 0.1) is 5.92 Å². The first-order chi connectivity index (χ1) is 9.60. The Morgan fingerprint density at radius 2 is 1.90 bits per heavy atom. The van der Waals surface area contributed by atoms with Crippen molar-refractivity contribution in [2.45, 2.75) is 19.8 Å². The van der Waals surface area contributed by atoms with Crippen molar-refractivity contribution in [1.82, 2.24) is 4.90 Å². The topological polar surface area (TPSA) is 64.8 Å². The van der Waals surface area contributed by atoms with E-state index in [1.54, 1.807) is 26.4 Å². The molecule has 0 unspecified atom stereocenters. The highest BCUT2D eigenvalue weighted by Gasteiger charge is 2.27. The van der Waals surface area contributed by atoms with Gasteiger partial charge in [-0.25, -0.2) is 0 Å². The molecule has 0 atom stereocenters. The van der Waals surface area contributed by atoms with E-state index in [9.17, 15) is 4.79 Å². The second kappa shape index (κ2) is 6.03. The number of hydrogen-bond donors (Lipinski definition) is 1. The number of rotatable bonds is 6. The molecule has 2 rings (SSSR count).